The van der Waals surface area contributed by atoms with Crippen molar-refractivity contribution in [3.63, 3.8) is 0 Å². The van der Waals surface area contributed by atoms with E-state index in [2.05, 4.69) is 5.32 Å². The second-order valence-electron chi connectivity index (χ2n) is 6.24. The number of nitrogens with one attached hydrogen (secondary N) is 1. The van der Waals surface area contributed by atoms with Gasteiger partial charge in [-0.05, 0) is 37.1 Å². The number of amides is 1. The maximum atomic E-state index is 12.7. The summed E-state index contributed by atoms with van der Waals surface area (Å²) in [6, 6.07) is 13.4. The third-order valence-electron chi connectivity index (χ3n) is 4.55. The second-order valence-corrected chi connectivity index (χ2v) is 6.24. The van der Waals surface area contributed by atoms with E-state index >= 15 is 0 Å². The Morgan fingerprint density at radius 1 is 1.11 bits per heavy atom. The van der Waals surface area contributed by atoms with Crippen LogP contribution in [0.25, 0.3) is 0 Å². The van der Waals surface area contributed by atoms with Gasteiger partial charge in [0.1, 0.15) is 5.75 Å². The maximum Gasteiger partial charge on any atom is 0.334 e. The fraction of sp³-hybridized carbons (Fsp3) is 0.286. The molecule has 0 radical (unpaired) electrons. The van der Waals surface area contributed by atoms with E-state index in [0.717, 1.165) is 0 Å². The van der Waals surface area contributed by atoms with Gasteiger partial charge >= 0.3 is 5.97 Å². The fourth-order valence-electron chi connectivity index (χ4n) is 3.01. The zero-order valence-corrected chi connectivity index (χ0v) is 15.6. The van der Waals surface area contributed by atoms with E-state index in [1.165, 1.54) is 14.0 Å². The lowest BCUT2D eigenvalue weighted by atomic mass is 9.87. The highest BCUT2D eigenvalue weighted by atomic mass is 16.5. The molecule has 1 atom stereocenters. The van der Waals surface area contributed by atoms with Crippen LogP contribution in [-0.2, 0) is 21.5 Å². The van der Waals surface area contributed by atoms with Crippen LogP contribution in [0.2, 0.25) is 0 Å². The SMILES string of the molecule is CCC(NC(=O)Cc1cc(C(C)=O)ccc1OC)(C(=O)O)c1ccccc1. The topological polar surface area (TPSA) is 92.7 Å². The average molecular weight is 369 g/mol. The van der Waals surface area contributed by atoms with Crippen molar-refractivity contribution in [3.05, 3.63) is 65.2 Å². The number of hydrogen-bond acceptors (Lipinski definition) is 4. The lowest BCUT2D eigenvalue weighted by Crippen LogP contribution is -2.52. The number of carboxylic acids is 1. The number of carbonyl (C=O) groups is 3. The Morgan fingerprint density at radius 3 is 2.30 bits per heavy atom. The van der Waals surface area contributed by atoms with Crippen LogP contribution in [0.4, 0.5) is 0 Å². The van der Waals surface area contributed by atoms with Crippen LogP contribution >= 0.6 is 0 Å². The standard InChI is InChI=1S/C21H23NO5/c1-4-21(20(25)26,17-8-6-5-7-9-17)22-19(24)13-16-12-15(14(2)23)10-11-18(16)27-3/h5-12H,4,13H2,1-3H3,(H,22,24)(H,25,26). The average Bonchev–Trinajstić information content (AvgIpc) is 2.66. The normalized spacial score (nSPS) is 12.7. The zero-order chi connectivity index (χ0) is 20.0. The summed E-state index contributed by atoms with van der Waals surface area (Å²) in [5, 5.41) is 12.5. The molecule has 0 spiro atoms. The molecule has 1 unspecified atom stereocenters. The Bertz CT molecular complexity index is 847. The summed E-state index contributed by atoms with van der Waals surface area (Å²) in [7, 11) is 1.47. The van der Waals surface area contributed by atoms with E-state index in [9.17, 15) is 19.5 Å². The molecule has 2 rings (SSSR count). The number of carboxylic acid groups (broad SMARTS) is 1. The molecule has 6 heteroatoms. The molecule has 2 N–H and O–H groups in total. The maximum absolute atomic E-state index is 12.7. The summed E-state index contributed by atoms with van der Waals surface area (Å²) in [5.41, 5.74) is -0.0466. The van der Waals surface area contributed by atoms with Crippen molar-refractivity contribution in [1.29, 1.82) is 0 Å². The van der Waals surface area contributed by atoms with E-state index in [0.29, 0.717) is 22.4 Å². The van der Waals surface area contributed by atoms with E-state index in [-0.39, 0.29) is 18.6 Å². The van der Waals surface area contributed by atoms with Gasteiger partial charge in [0, 0.05) is 11.1 Å². The first kappa shape index (κ1) is 20.2. The van der Waals surface area contributed by atoms with Gasteiger partial charge in [0.15, 0.2) is 11.3 Å². The van der Waals surface area contributed by atoms with E-state index in [4.69, 9.17) is 4.74 Å². The largest absolute Gasteiger partial charge is 0.496 e. The van der Waals surface area contributed by atoms with Crippen LogP contribution in [-0.4, -0.2) is 29.9 Å². The van der Waals surface area contributed by atoms with Gasteiger partial charge in [0.25, 0.3) is 0 Å². The summed E-state index contributed by atoms with van der Waals surface area (Å²) in [4.78, 5) is 36.3. The molecule has 27 heavy (non-hydrogen) atoms. The number of hydrogen-bond donors (Lipinski definition) is 2. The van der Waals surface area contributed by atoms with Crippen molar-refractivity contribution in [2.75, 3.05) is 7.11 Å². The highest BCUT2D eigenvalue weighted by Crippen LogP contribution is 2.27. The summed E-state index contributed by atoms with van der Waals surface area (Å²) in [6.07, 6.45) is 0.0782. The van der Waals surface area contributed by atoms with Gasteiger partial charge in [-0.3, -0.25) is 9.59 Å². The Morgan fingerprint density at radius 2 is 1.78 bits per heavy atom. The molecule has 0 aromatic heterocycles. The zero-order valence-electron chi connectivity index (χ0n) is 15.6. The van der Waals surface area contributed by atoms with Crippen molar-refractivity contribution >= 4 is 17.7 Å². The highest BCUT2D eigenvalue weighted by molar-refractivity contribution is 5.95. The third kappa shape index (κ3) is 4.34. The van der Waals surface area contributed by atoms with Crippen LogP contribution < -0.4 is 10.1 Å². The van der Waals surface area contributed by atoms with Crippen molar-refractivity contribution in [2.24, 2.45) is 0 Å². The predicted molar refractivity (Wildman–Crippen MR) is 101 cm³/mol. The quantitative estimate of drug-likeness (QED) is 0.698. The monoisotopic (exact) mass is 369 g/mol. The minimum atomic E-state index is -1.52. The minimum absolute atomic E-state index is 0.105. The van der Waals surface area contributed by atoms with Crippen molar-refractivity contribution < 1.29 is 24.2 Å². The van der Waals surface area contributed by atoms with Gasteiger partial charge in [0.2, 0.25) is 5.91 Å². The molecule has 0 saturated carbocycles. The molecule has 0 aliphatic rings. The number of rotatable bonds is 8. The van der Waals surface area contributed by atoms with Gasteiger partial charge in [-0.15, -0.1) is 0 Å². The first-order valence-electron chi connectivity index (χ1n) is 8.61. The first-order valence-corrected chi connectivity index (χ1v) is 8.61. The second kappa shape index (κ2) is 8.49. The molecule has 6 nitrogen and oxygen atoms in total. The van der Waals surface area contributed by atoms with Crippen LogP contribution in [0.15, 0.2) is 48.5 Å². The molecule has 0 fully saturated rings. The number of methoxy groups -OCH3 is 1. The molecule has 0 bridgehead atoms. The van der Waals surface area contributed by atoms with Crippen LogP contribution in [0.3, 0.4) is 0 Å². The molecular weight excluding hydrogens is 346 g/mol. The highest BCUT2D eigenvalue weighted by Gasteiger charge is 2.40. The van der Waals surface area contributed by atoms with Gasteiger partial charge in [-0.1, -0.05) is 37.3 Å². The summed E-state index contributed by atoms with van der Waals surface area (Å²) in [6.45, 7) is 3.14. The lowest BCUT2D eigenvalue weighted by Gasteiger charge is -2.30. The Labute approximate surface area is 158 Å². The van der Waals surface area contributed by atoms with Crippen LogP contribution in [0.1, 0.15) is 41.8 Å². The van der Waals surface area contributed by atoms with Crippen molar-refractivity contribution in [1.82, 2.24) is 5.32 Å². The third-order valence-corrected chi connectivity index (χ3v) is 4.55. The Hall–Kier alpha value is -3.15. The number of Topliss-reactive ketones (excluding diaryl/α,β-unsaturated/α-hetero) is 1. The summed E-state index contributed by atoms with van der Waals surface area (Å²) in [5.74, 6) is -1.26. The molecule has 0 heterocycles. The van der Waals surface area contributed by atoms with Gasteiger partial charge < -0.3 is 15.2 Å². The smallest absolute Gasteiger partial charge is 0.334 e. The fourth-order valence-corrected chi connectivity index (χ4v) is 3.01. The van der Waals surface area contributed by atoms with Crippen molar-refractivity contribution in [3.8, 4) is 5.75 Å². The summed E-state index contributed by atoms with van der Waals surface area (Å²) >= 11 is 0. The minimum Gasteiger partial charge on any atom is -0.496 e. The first-order chi connectivity index (χ1) is 12.8. The molecule has 2 aromatic rings. The van der Waals surface area contributed by atoms with E-state index in [1.807, 2.05) is 0 Å². The van der Waals surface area contributed by atoms with Gasteiger partial charge in [0.05, 0.1) is 13.5 Å². The molecule has 0 aliphatic heterocycles. The number of aliphatic carboxylic acids is 1. The van der Waals surface area contributed by atoms with E-state index in [1.54, 1.807) is 55.5 Å². The molecule has 2 aromatic carbocycles. The van der Waals surface area contributed by atoms with Crippen LogP contribution in [0, 0.1) is 0 Å². The van der Waals surface area contributed by atoms with E-state index < -0.39 is 17.4 Å². The molecule has 142 valence electrons. The number of carbonyl (C=O) groups excluding carboxylic acids is 2. The Balaban J connectivity index is 2.33. The number of ether oxygens (including phenoxy) is 1. The number of benzene rings is 2. The Kier molecular flexibility index (Phi) is 6.34. The molecule has 0 saturated heterocycles. The van der Waals surface area contributed by atoms with Crippen molar-refractivity contribution in [2.45, 2.75) is 32.2 Å². The van der Waals surface area contributed by atoms with Gasteiger partial charge in [-0.25, -0.2) is 4.79 Å². The van der Waals surface area contributed by atoms with Gasteiger partial charge in [-0.2, -0.15) is 0 Å². The number of ketones is 1. The lowest BCUT2D eigenvalue weighted by molar-refractivity contribution is -0.148. The predicted octanol–water partition coefficient (Wildman–Crippen LogP) is 2.95. The summed E-state index contributed by atoms with van der Waals surface area (Å²) < 4.78 is 5.26. The molecular formula is C21H23NO5. The molecule has 1 amide bonds. The molecule has 0 aliphatic carbocycles. The van der Waals surface area contributed by atoms with Crippen LogP contribution in [0.5, 0.6) is 5.75 Å².